The number of fused-ring (bicyclic) bond motifs is 1. The van der Waals surface area contributed by atoms with Crippen LogP contribution in [0, 0.1) is 0 Å². The van der Waals surface area contributed by atoms with Crippen molar-refractivity contribution in [3.63, 3.8) is 0 Å². The van der Waals surface area contributed by atoms with E-state index in [1.807, 2.05) is 19.2 Å². The van der Waals surface area contributed by atoms with Crippen molar-refractivity contribution in [3.05, 3.63) is 29.6 Å². The maximum Gasteiger partial charge on any atom is 0.0482 e. The molecule has 2 unspecified atom stereocenters. The van der Waals surface area contributed by atoms with Crippen LogP contribution in [0.5, 0.6) is 0 Å². The van der Waals surface area contributed by atoms with Crippen LogP contribution in [-0.4, -0.2) is 24.2 Å². The van der Waals surface area contributed by atoms with Crippen LogP contribution in [0.2, 0.25) is 0 Å². The molecule has 0 spiro atoms. The minimum absolute atomic E-state index is 0.255. The van der Waals surface area contributed by atoms with E-state index in [0.717, 1.165) is 32.5 Å². The highest BCUT2D eigenvalue weighted by Gasteiger charge is 2.28. The summed E-state index contributed by atoms with van der Waals surface area (Å²) in [5.74, 6) is 6.13. The van der Waals surface area contributed by atoms with Crippen molar-refractivity contribution in [2.24, 2.45) is 5.84 Å². The van der Waals surface area contributed by atoms with Gasteiger partial charge in [0.2, 0.25) is 0 Å². The van der Waals surface area contributed by atoms with Gasteiger partial charge in [-0.15, -0.1) is 0 Å². The van der Waals surface area contributed by atoms with Crippen molar-refractivity contribution in [1.82, 2.24) is 10.4 Å². The number of nitrogens with zero attached hydrogens (tertiary/aromatic N) is 1. The quantitative estimate of drug-likeness (QED) is 0.458. The van der Waals surface area contributed by atoms with E-state index in [1.165, 1.54) is 17.7 Å². The van der Waals surface area contributed by atoms with Gasteiger partial charge in [0.25, 0.3) is 0 Å². The number of pyridine rings is 1. The third-order valence-electron chi connectivity index (χ3n) is 3.72. The Labute approximate surface area is 109 Å². The molecular weight excluding hydrogens is 226 g/mol. The lowest BCUT2D eigenvalue weighted by Crippen LogP contribution is -2.42. The fourth-order valence-electron chi connectivity index (χ4n) is 2.79. The van der Waals surface area contributed by atoms with Gasteiger partial charge in [0.1, 0.15) is 0 Å². The van der Waals surface area contributed by atoms with Crippen molar-refractivity contribution >= 4 is 0 Å². The fraction of sp³-hybridized carbons (Fsp3) is 0.643. The maximum atomic E-state index is 5.71. The van der Waals surface area contributed by atoms with E-state index in [1.54, 1.807) is 0 Å². The number of aromatic nitrogens is 1. The van der Waals surface area contributed by atoms with E-state index in [2.05, 4.69) is 16.5 Å². The van der Waals surface area contributed by atoms with Crippen molar-refractivity contribution in [2.75, 3.05) is 13.2 Å². The van der Waals surface area contributed by atoms with Crippen LogP contribution in [0.3, 0.4) is 0 Å². The zero-order valence-electron chi connectivity index (χ0n) is 11.1. The smallest absolute Gasteiger partial charge is 0.0482 e. The van der Waals surface area contributed by atoms with Gasteiger partial charge in [0, 0.05) is 37.1 Å². The molecule has 1 aromatic heterocycles. The number of ether oxygens (including phenoxy) is 1. The summed E-state index contributed by atoms with van der Waals surface area (Å²) in [5.41, 5.74) is 5.56. The van der Waals surface area contributed by atoms with Crippen molar-refractivity contribution in [3.8, 4) is 0 Å². The van der Waals surface area contributed by atoms with Crippen molar-refractivity contribution < 1.29 is 4.74 Å². The van der Waals surface area contributed by atoms with Crippen molar-refractivity contribution in [1.29, 1.82) is 0 Å². The Morgan fingerprint density at radius 2 is 2.50 bits per heavy atom. The van der Waals surface area contributed by atoms with Crippen LogP contribution >= 0.6 is 0 Å². The summed E-state index contributed by atoms with van der Waals surface area (Å²) in [6, 6.07) is 4.46. The molecule has 2 rings (SSSR count). The second kappa shape index (κ2) is 6.83. The Balaban J connectivity index is 2.07. The standard InChI is InChI=1S/C14H23N3O/c1-2-18-10-8-13(17-15)12-7-3-5-11-6-4-9-16-14(11)12/h4,6,9,12-13,17H,2-3,5,7-8,10,15H2,1H3. The lowest BCUT2D eigenvalue weighted by molar-refractivity contribution is 0.131. The summed E-state index contributed by atoms with van der Waals surface area (Å²) in [5, 5.41) is 0. The summed E-state index contributed by atoms with van der Waals surface area (Å²) in [6.07, 6.45) is 6.34. The summed E-state index contributed by atoms with van der Waals surface area (Å²) < 4.78 is 5.43. The maximum absolute atomic E-state index is 5.71. The Morgan fingerprint density at radius 3 is 3.28 bits per heavy atom. The molecular formula is C14H23N3O. The Bertz CT molecular complexity index is 370. The Kier molecular flexibility index (Phi) is 5.11. The number of aryl methyl sites for hydroxylation is 1. The number of nitrogens with one attached hydrogen (secondary N) is 1. The molecule has 1 aromatic rings. The molecule has 0 saturated carbocycles. The first kappa shape index (κ1) is 13.5. The molecule has 3 N–H and O–H groups in total. The summed E-state index contributed by atoms with van der Waals surface area (Å²) >= 11 is 0. The molecule has 1 aliphatic rings. The molecule has 100 valence electrons. The normalized spacial score (nSPS) is 20.4. The van der Waals surface area contributed by atoms with Gasteiger partial charge in [-0.1, -0.05) is 6.07 Å². The largest absolute Gasteiger partial charge is 0.382 e. The number of rotatable bonds is 6. The van der Waals surface area contributed by atoms with E-state index in [4.69, 9.17) is 10.6 Å². The Morgan fingerprint density at radius 1 is 1.61 bits per heavy atom. The topological polar surface area (TPSA) is 60.2 Å². The van der Waals surface area contributed by atoms with E-state index in [9.17, 15) is 0 Å². The molecule has 18 heavy (non-hydrogen) atoms. The third kappa shape index (κ3) is 3.07. The highest BCUT2D eigenvalue weighted by molar-refractivity contribution is 5.27. The van der Waals surface area contributed by atoms with Crippen LogP contribution < -0.4 is 11.3 Å². The molecule has 4 heteroatoms. The first-order valence-corrected chi connectivity index (χ1v) is 6.84. The van der Waals surface area contributed by atoms with E-state index < -0.39 is 0 Å². The first-order valence-electron chi connectivity index (χ1n) is 6.84. The summed E-state index contributed by atoms with van der Waals surface area (Å²) in [4.78, 5) is 4.56. The predicted molar refractivity (Wildman–Crippen MR) is 72.1 cm³/mol. The minimum atomic E-state index is 0.255. The lowest BCUT2D eigenvalue weighted by atomic mass is 9.81. The predicted octanol–water partition coefficient (Wildman–Crippen LogP) is 1.76. The van der Waals surface area contributed by atoms with Crippen molar-refractivity contribution in [2.45, 2.75) is 44.6 Å². The average Bonchev–Trinajstić information content (AvgIpc) is 2.43. The van der Waals surface area contributed by atoms with Gasteiger partial charge < -0.3 is 4.74 Å². The molecule has 0 radical (unpaired) electrons. The zero-order valence-corrected chi connectivity index (χ0v) is 11.1. The second-order valence-corrected chi connectivity index (χ2v) is 4.81. The van der Waals surface area contributed by atoms with E-state index >= 15 is 0 Å². The molecule has 0 aliphatic heterocycles. The van der Waals surface area contributed by atoms with Gasteiger partial charge >= 0.3 is 0 Å². The fourth-order valence-corrected chi connectivity index (χ4v) is 2.79. The zero-order chi connectivity index (χ0) is 12.8. The van der Waals surface area contributed by atoms with Crippen LogP contribution in [0.25, 0.3) is 0 Å². The average molecular weight is 249 g/mol. The number of hydrogen-bond acceptors (Lipinski definition) is 4. The summed E-state index contributed by atoms with van der Waals surface area (Å²) in [6.45, 7) is 3.53. The lowest BCUT2D eigenvalue weighted by Gasteiger charge is -2.31. The third-order valence-corrected chi connectivity index (χ3v) is 3.72. The first-order chi connectivity index (χ1) is 8.86. The minimum Gasteiger partial charge on any atom is -0.382 e. The molecule has 0 bridgehead atoms. The van der Waals surface area contributed by atoms with Gasteiger partial charge in [-0.3, -0.25) is 16.3 Å². The van der Waals surface area contributed by atoms with Gasteiger partial charge in [-0.05, 0) is 44.2 Å². The van der Waals surface area contributed by atoms with Gasteiger partial charge in [0.05, 0.1) is 0 Å². The van der Waals surface area contributed by atoms with Crippen LogP contribution in [-0.2, 0) is 11.2 Å². The molecule has 0 amide bonds. The molecule has 0 saturated heterocycles. The van der Waals surface area contributed by atoms with E-state index in [0.29, 0.717) is 5.92 Å². The number of hydrogen-bond donors (Lipinski definition) is 2. The second-order valence-electron chi connectivity index (χ2n) is 4.81. The number of hydrazine groups is 1. The van der Waals surface area contributed by atoms with E-state index in [-0.39, 0.29) is 6.04 Å². The van der Waals surface area contributed by atoms with Gasteiger partial charge in [-0.2, -0.15) is 0 Å². The molecule has 1 heterocycles. The monoisotopic (exact) mass is 249 g/mol. The molecule has 0 fully saturated rings. The highest BCUT2D eigenvalue weighted by atomic mass is 16.5. The molecule has 2 atom stereocenters. The van der Waals surface area contributed by atoms with Gasteiger partial charge in [0.15, 0.2) is 0 Å². The highest BCUT2D eigenvalue weighted by Crippen LogP contribution is 2.33. The van der Waals surface area contributed by atoms with Crippen LogP contribution in [0.15, 0.2) is 18.3 Å². The Hall–Kier alpha value is -0.970. The molecule has 4 nitrogen and oxygen atoms in total. The SMILES string of the molecule is CCOCCC(NN)C1CCCc2cccnc21. The molecule has 0 aromatic carbocycles. The molecule has 1 aliphatic carbocycles. The number of nitrogens with two attached hydrogens (primary N) is 1. The van der Waals surface area contributed by atoms with Gasteiger partial charge in [-0.25, -0.2) is 0 Å². The van der Waals surface area contributed by atoms with Crippen LogP contribution in [0.4, 0.5) is 0 Å². The summed E-state index contributed by atoms with van der Waals surface area (Å²) in [7, 11) is 0. The van der Waals surface area contributed by atoms with Crippen LogP contribution in [0.1, 0.15) is 43.4 Å².